The molecule has 0 bridgehead atoms. The molecule has 4 aliphatic rings. The second-order valence-corrected chi connectivity index (χ2v) is 13.4. The smallest absolute Gasteiger partial charge is 0.415 e. The number of nitrogens with zero attached hydrogens (tertiary/aromatic N) is 3. The van der Waals surface area contributed by atoms with Crippen molar-refractivity contribution < 1.29 is 29.0 Å². The Hall–Kier alpha value is -4.66. The fourth-order valence-electron chi connectivity index (χ4n) is 8.03. The average molecular weight is 636 g/mol. The summed E-state index contributed by atoms with van der Waals surface area (Å²) >= 11 is 0. The van der Waals surface area contributed by atoms with Crippen molar-refractivity contribution in [1.29, 1.82) is 0 Å². The van der Waals surface area contributed by atoms with E-state index in [0.717, 1.165) is 59.9 Å². The van der Waals surface area contributed by atoms with Crippen molar-refractivity contribution in [3.05, 3.63) is 101 Å². The second kappa shape index (κ2) is 13.2. The number of aliphatic carboxylic acids is 1. The molecule has 0 unspecified atom stereocenters. The minimum atomic E-state index is -0.970. The van der Waals surface area contributed by atoms with Crippen LogP contribution in [0.2, 0.25) is 0 Å². The molecule has 1 saturated carbocycles. The van der Waals surface area contributed by atoms with Gasteiger partial charge in [0, 0.05) is 25.0 Å². The minimum Gasteiger partial charge on any atom is -0.481 e. The molecule has 2 aliphatic carbocycles. The SMILES string of the molecule is O=C(O)C[C@H]1Cc2ccccc2CN1C(=O)CN(C(=O)[C@H]1Cc2ccccc2N1C(=O)OC1CCCCC1)C1Cc2ccccc2C1. The molecule has 244 valence electrons. The van der Waals surface area contributed by atoms with E-state index in [2.05, 4.69) is 12.1 Å². The molecule has 2 heterocycles. The maximum atomic E-state index is 14.8. The summed E-state index contributed by atoms with van der Waals surface area (Å²) in [5, 5.41) is 9.73. The third-order valence-electron chi connectivity index (χ3n) is 10.4. The maximum Gasteiger partial charge on any atom is 0.415 e. The third-order valence-corrected chi connectivity index (χ3v) is 10.4. The number of carboxylic acid groups (broad SMARTS) is 1. The lowest BCUT2D eigenvalue weighted by atomic mass is 9.92. The monoisotopic (exact) mass is 635 g/mol. The summed E-state index contributed by atoms with van der Waals surface area (Å²) in [6.45, 7) is 0.0860. The molecule has 2 atom stereocenters. The Morgan fingerprint density at radius 2 is 1.34 bits per heavy atom. The molecule has 3 aromatic rings. The number of para-hydroxylation sites is 1. The van der Waals surface area contributed by atoms with Gasteiger partial charge in [0.2, 0.25) is 11.8 Å². The predicted molar refractivity (Wildman–Crippen MR) is 176 cm³/mol. The lowest BCUT2D eigenvalue weighted by molar-refractivity contribution is -0.147. The highest BCUT2D eigenvalue weighted by molar-refractivity contribution is 6.01. The van der Waals surface area contributed by atoms with E-state index in [1.54, 1.807) is 9.80 Å². The number of ether oxygens (including phenoxy) is 1. The quantitative estimate of drug-likeness (QED) is 0.377. The normalized spacial score (nSPS) is 20.7. The Morgan fingerprint density at radius 1 is 0.745 bits per heavy atom. The van der Waals surface area contributed by atoms with Gasteiger partial charge in [0.25, 0.3) is 0 Å². The minimum absolute atomic E-state index is 0.171. The lowest BCUT2D eigenvalue weighted by Gasteiger charge is -2.39. The van der Waals surface area contributed by atoms with Gasteiger partial charge < -0.3 is 19.6 Å². The van der Waals surface area contributed by atoms with Crippen molar-refractivity contribution in [2.75, 3.05) is 11.4 Å². The van der Waals surface area contributed by atoms with Crippen LogP contribution < -0.4 is 4.90 Å². The molecule has 1 fully saturated rings. The molecule has 7 rings (SSSR count). The average Bonchev–Trinajstić information content (AvgIpc) is 3.69. The van der Waals surface area contributed by atoms with Crippen molar-refractivity contribution in [3.63, 3.8) is 0 Å². The summed E-state index contributed by atoms with van der Waals surface area (Å²) in [6.07, 6.45) is 5.89. The van der Waals surface area contributed by atoms with Crippen molar-refractivity contribution in [2.45, 2.75) is 95.0 Å². The zero-order chi connectivity index (χ0) is 32.5. The lowest BCUT2D eigenvalue weighted by Crippen LogP contribution is -2.57. The number of carbonyl (C=O) groups excluding carboxylic acids is 3. The fourth-order valence-corrected chi connectivity index (χ4v) is 8.03. The molecule has 0 saturated heterocycles. The van der Waals surface area contributed by atoms with Gasteiger partial charge in [-0.05, 0) is 78.8 Å². The van der Waals surface area contributed by atoms with Crippen LogP contribution in [0.5, 0.6) is 0 Å². The Kier molecular flexibility index (Phi) is 8.71. The summed E-state index contributed by atoms with van der Waals surface area (Å²) in [7, 11) is 0. The number of carboxylic acids is 1. The Labute approximate surface area is 275 Å². The number of rotatable bonds is 7. The standard InChI is InChI=1S/C38H41N3O6/c42-35(39-23-29-14-7-6-12-27(29)20-31(39)22-36(43)44)24-40(30-18-25-10-4-5-11-26(25)19-30)37(45)34-21-28-13-8-9-17-33(28)41(34)38(46)47-32-15-2-1-3-16-32/h4-14,17,30-32,34H,1-3,15-16,18-24H2,(H,43,44)/t31-,34-/m1/s1. The number of carbonyl (C=O) groups is 4. The second-order valence-electron chi connectivity index (χ2n) is 13.4. The summed E-state index contributed by atoms with van der Waals surface area (Å²) in [6, 6.07) is 21.8. The molecule has 9 nitrogen and oxygen atoms in total. The molecule has 0 radical (unpaired) electrons. The number of benzene rings is 3. The highest BCUT2D eigenvalue weighted by Crippen LogP contribution is 2.36. The topological polar surface area (TPSA) is 107 Å². The summed E-state index contributed by atoms with van der Waals surface area (Å²) < 4.78 is 6.01. The van der Waals surface area contributed by atoms with Gasteiger partial charge in [-0.3, -0.25) is 19.3 Å². The van der Waals surface area contributed by atoms with Gasteiger partial charge in [0.1, 0.15) is 18.7 Å². The van der Waals surface area contributed by atoms with Crippen LogP contribution in [0.25, 0.3) is 0 Å². The summed E-state index contributed by atoms with van der Waals surface area (Å²) in [5.41, 5.74) is 5.86. The number of hydrogen-bond acceptors (Lipinski definition) is 5. The van der Waals surface area contributed by atoms with Crippen molar-refractivity contribution in [3.8, 4) is 0 Å². The van der Waals surface area contributed by atoms with Crippen molar-refractivity contribution in [1.82, 2.24) is 9.80 Å². The van der Waals surface area contributed by atoms with E-state index >= 15 is 0 Å². The van der Waals surface area contributed by atoms with Gasteiger partial charge in [-0.25, -0.2) is 4.79 Å². The van der Waals surface area contributed by atoms with E-state index in [1.807, 2.05) is 60.7 Å². The molecular formula is C38H41N3O6. The number of hydrogen-bond donors (Lipinski definition) is 1. The van der Waals surface area contributed by atoms with E-state index in [1.165, 1.54) is 4.90 Å². The predicted octanol–water partition coefficient (Wildman–Crippen LogP) is 5.31. The van der Waals surface area contributed by atoms with Gasteiger partial charge in [0.15, 0.2) is 0 Å². The maximum absolute atomic E-state index is 14.8. The highest BCUT2D eigenvalue weighted by atomic mass is 16.6. The van der Waals surface area contributed by atoms with Crippen LogP contribution in [-0.4, -0.2) is 69.6 Å². The van der Waals surface area contributed by atoms with Crippen LogP contribution in [0.4, 0.5) is 10.5 Å². The van der Waals surface area contributed by atoms with E-state index in [4.69, 9.17) is 4.74 Å². The van der Waals surface area contributed by atoms with Crippen LogP contribution >= 0.6 is 0 Å². The first-order valence-electron chi connectivity index (χ1n) is 16.9. The van der Waals surface area contributed by atoms with E-state index in [9.17, 15) is 24.3 Å². The molecule has 3 amide bonds. The van der Waals surface area contributed by atoms with Crippen LogP contribution in [0.15, 0.2) is 72.8 Å². The largest absolute Gasteiger partial charge is 0.481 e. The van der Waals surface area contributed by atoms with Gasteiger partial charge in [-0.2, -0.15) is 0 Å². The fraction of sp³-hybridized carbons (Fsp3) is 0.421. The van der Waals surface area contributed by atoms with Crippen LogP contribution in [0.1, 0.15) is 66.3 Å². The zero-order valence-corrected chi connectivity index (χ0v) is 26.6. The molecular weight excluding hydrogens is 594 g/mol. The molecule has 0 aromatic heterocycles. The van der Waals surface area contributed by atoms with E-state index in [-0.39, 0.29) is 43.5 Å². The number of amides is 3. The van der Waals surface area contributed by atoms with E-state index < -0.39 is 24.1 Å². The van der Waals surface area contributed by atoms with Crippen LogP contribution in [-0.2, 0) is 51.3 Å². The van der Waals surface area contributed by atoms with Gasteiger partial charge in [-0.15, -0.1) is 0 Å². The number of anilines is 1. The Bertz CT molecular complexity index is 1660. The van der Waals surface area contributed by atoms with Crippen LogP contribution in [0, 0.1) is 0 Å². The molecule has 1 N–H and O–H groups in total. The third kappa shape index (κ3) is 6.35. The zero-order valence-electron chi connectivity index (χ0n) is 26.6. The molecule has 0 spiro atoms. The van der Waals surface area contributed by atoms with Gasteiger partial charge in [0.05, 0.1) is 12.1 Å². The summed E-state index contributed by atoms with van der Waals surface area (Å²) in [5.74, 6) is -1.55. The molecule has 9 heteroatoms. The van der Waals surface area contributed by atoms with Gasteiger partial charge in [-0.1, -0.05) is 73.2 Å². The highest BCUT2D eigenvalue weighted by Gasteiger charge is 2.45. The van der Waals surface area contributed by atoms with Gasteiger partial charge >= 0.3 is 12.1 Å². The Morgan fingerprint density at radius 3 is 2.00 bits per heavy atom. The molecule has 3 aromatic carbocycles. The summed E-state index contributed by atoms with van der Waals surface area (Å²) in [4.78, 5) is 59.7. The first-order valence-corrected chi connectivity index (χ1v) is 16.9. The van der Waals surface area contributed by atoms with Crippen molar-refractivity contribution >= 4 is 29.6 Å². The molecule has 2 aliphatic heterocycles. The number of fused-ring (bicyclic) bond motifs is 3. The first-order chi connectivity index (χ1) is 22.9. The van der Waals surface area contributed by atoms with E-state index in [0.29, 0.717) is 31.4 Å². The first kappa shape index (κ1) is 31.0. The Balaban J connectivity index is 1.19. The van der Waals surface area contributed by atoms with Crippen LogP contribution in [0.3, 0.4) is 0 Å². The van der Waals surface area contributed by atoms with Crippen molar-refractivity contribution in [2.24, 2.45) is 0 Å². The molecule has 47 heavy (non-hydrogen) atoms.